The van der Waals surface area contributed by atoms with Gasteiger partial charge < -0.3 is 14.9 Å². The Balaban J connectivity index is 1.71. The zero-order valence-corrected chi connectivity index (χ0v) is 11.1. The molecule has 3 heteroatoms. The molecule has 2 aromatic rings. The van der Waals surface area contributed by atoms with Crippen LogP contribution in [0, 0.1) is 0 Å². The van der Waals surface area contributed by atoms with Gasteiger partial charge in [0.25, 0.3) is 0 Å². The summed E-state index contributed by atoms with van der Waals surface area (Å²) in [6, 6.07) is 17.7. The van der Waals surface area contributed by atoms with Gasteiger partial charge in [-0.2, -0.15) is 0 Å². The molecule has 3 heterocycles. The maximum Gasteiger partial charge on any atom is 0.155 e. The van der Waals surface area contributed by atoms with Crippen molar-refractivity contribution in [3.8, 4) is 0 Å². The third-order valence-electron chi connectivity index (χ3n) is 4.94. The third-order valence-corrected chi connectivity index (χ3v) is 4.94. The largest absolute Gasteiger partial charge is 0.369 e. The molecule has 1 saturated heterocycles. The summed E-state index contributed by atoms with van der Waals surface area (Å²) < 4.78 is 0. The molecule has 0 saturated carbocycles. The lowest BCUT2D eigenvalue weighted by molar-refractivity contribution is 0.165. The first-order chi connectivity index (χ1) is 9.84. The summed E-state index contributed by atoms with van der Waals surface area (Å²) in [5.41, 5.74) is 4.81. The maximum atomic E-state index is 10.9. The number of fused-ring (bicyclic) bond motifs is 7. The van der Waals surface area contributed by atoms with E-state index >= 15 is 0 Å². The van der Waals surface area contributed by atoms with E-state index in [1.807, 2.05) is 6.07 Å². The molecule has 3 nitrogen and oxygen atoms in total. The highest BCUT2D eigenvalue weighted by Gasteiger charge is 2.51. The van der Waals surface area contributed by atoms with Crippen molar-refractivity contribution in [3.05, 3.63) is 59.7 Å². The fraction of sp³-hybridized carbons (Fsp3) is 0.294. The zero-order chi connectivity index (χ0) is 13.3. The van der Waals surface area contributed by atoms with E-state index in [1.165, 1.54) is 16.9 Å². The van der Waals surface area contributed by atoms with Gasteiger partial charge in [0.1, 0.15) is 0 Å². The topological polar surface area (TPSA) is 26.5 Å². The van der Waals surface area contributed by atoms with E-state index in [9.17, 15) is 5.11 Å². The number of rotatable bonds is 0. The van der Waals surface area contributed by atoms with Crippen LogP contribution in [-0.2, 0) is 6.42 Å². The van der Waals surface area contributed by atoms with E-state index in [0.717, 1.165) is 18.5 Å². The highest BCUT2D eigenvalue weighted by molar-refractivity contribution is 5.70. The molecule has 0 aromatic heterocycles. The molecule has 5 rings (SSSR count). The Kier molecular flexibility index (Phi) is 1.91. The van der Waals surface area contributed by atoms with Crippen LogP contribution in [0.3, 0.4) is 0 Å². The van der Waals surface area contributed by atoms with Crippen LogP contribution in [0.15, 0.2) is 48.5 Å². The molecule has 3 atom stereocenters. The second kappa shape index (κ2) is 3.55. The first-order valence-corrected chi connectivity index (χ1v) is 7.24. The normalized spacial score (nSPS) is 29.1. The first-order valence-electron chi connectivity index (χ1n) is 7.24. The van der Waals surface area contributed by atoms with Crippen molar-refractivity contribution in [1.29, 1.82) is 0 Å². The molecule has 2 aromatic carbocycles. The minimum atomic E-state index is -0.535. The van der Waals surface area contributed by atoms with Crippen molar-refractivity contribution in [2.24, 2.45) is 0 Å². The summed E-state index contributed by atoms with van der Waals surface area (Å²) in [5.74, 6) is 0. The number of anilines is 2. The summed E-state index contributed by atoms with van der Waals surface area (Å²) in [6.45, 7) is 1.11. The average Bonchev–Trinajstić information content (AvgIpc) is 3.20. The SMILES string of the molecule is OC1c2ccccc2N2CC2C2Cc3ccccc3N12. The Labute approximate surface area is 118 Å². The lowest BCUT2D eigenvalue weighted by Gasteiger charge is -2.30. The van der Waals surface area contributed by atoms with Gasteiger partial charge in [-0.25, -0.2) is 0 Å². The first kappa shape index (κ1) is 10.7. The lowest BCUT2D eigenvalue weighted by atomic mass is 10.1. The van der Waals surface area contributed by atoms with Crippen LogP contribution in [0.5, 0.6) is 0 Å². The highest BCUT2D eigenvalue weighted by atomic mass is 16.3. The summed E-state index contributed by atoms with van der Waals surface area (Å²) in [6.07, 6.45) is 0.509. The zero-order valence-electron chi connectivity index (χ0n) is 11.1. The van der Waals surface area contributed by atoms with Gasteiger partial charge in [0.15, 0.2) is 6.23 Å². The van der Waals surface area contributed by atoms with Crippen molar-refractivity contribution in [1.82, 2.24) is 0 Å². The average molecular weight is 264 g/mol. The molecule has 100 valence electrons. The number of aliphatic hydroxyl groups excluding tert-OH is 1. The molecule has 3 aliphatic heterocycles. The predicted octanol–water partition coefficient (Wildman–Crippen LogP) is 2.31. The van der Waals surface area contributed by atoms with Gasteiger partial charge in [-0.3, -0.25) is 0 Å². The number of benzene rings is 2. The van der Waals surface area contributed by atoms with Crippen molar-refractivity contribution < 1.29 is 5.11 Å². The Morgan fingerprint density at radius 2 is 1.65 bits per heavy atom. The van der Waals surface area contributed by atoms with E-state index in [0.29, 0.717) is 12.1 Å². The molecule has 1 fully saturated rings. The Morgan fingerprint density at radius 3 is 2.55 bits per heavy atom. The fourth-order valence-corrected chi connectivity index (χ4v) is 3.95. The molecule has 20 heavy (non-hydrogen) atoms. The number of para-hydroxylation sites is 2. The van der Waals surface area contributed by atoms with Crippen LogP contribution in [0.25, 0.3) is 0 Å². The summed E-state index contributed by atoms with van der Waals surface area (Å²) in [4.78, 5) is 4.65. The van der Waals surface area contributed by atoms with Crippen LogP contribution in [-0.4, -0.2) is 23.7 Å². The number of hydrogen-bond donors (Lipinski definition) is 1. The molecule has 0 amide bonds. The number of aliphatic hydroxyl groups is 1. The molecule has 0 radical (unpaired) electrons. The van der Waals surface area contributed by atoms with Gasteiger partial charge >= 0.3 is 0 Å². The van der Waals surface area contributed by atoms with Gasteiger partial charge in [-0.15, -0.1) is 0 Å². The van der Waals surface area contributed by atoms with E-state index in [1.54, 1.807) is 0 Å². The molecule has 0 spiro atoms. The molecule has 1 N–H and O–H groups in total. The van der Waals surface area contributed by atoms with Gasteiger partial charge in [0, 0.05) is 23.5 Å². The smallest absolute Gasteiger partial charge is 0.155 e. The minimum Gasteiger partial charge on any atom is -0.369 e. The lowest BCUT2D eigenvalue weighted by Crippen LogP contribution is -2.38. The van der Waals surface area contributed by atoms with Crippen LogP contribution in [0.4, 0.5) is 11.4 Å². The number of nitrogens with zero attached hydrogens (tertiary/aromatic N) is 2. The minimum absolute atomic E-state index is 0.398. The van der Waals surface area contributed by atoms with Gasteiger partial charge in [0.05, 0.1) is 12.1 Å². The predicted molar refractivity (Wildman–Crippen MR) is 78.9 cm³/mol. The second-order valence-electron chi connectivity index (χ2n) is 5.96. The number of hydrogen-bond acceptors (Lipinski definition) is 3. The molecule has 3 unspecified atom stereocenters. The van der Waals surface area contributed by atoms with Gasteiger partial charge in [0.2, 0.25) is 0 Å². The molecule has 0 aliphatic carbocycles. The Hall–Kier alpha value is -2.00. The van der Waals surface area contributed by atoms with Gasteiger partial charge in [-0.05, 0) is 24.1 Å². The standard InChI is InChI=1S/C17H16N2O/c20-17-12-6-2-4-8-14(12)18-10-16(18)15-9-11-5-1-3-7-13(11)19(15)17/h1-8,15-17,20H,9-10H2. The second-order valence-corrected chi connectivity index (χ2v) is 5.96. The quantitative estimate of drug-likeness (QED) is 0.740. The van der Waals surface area contributed by atoms with E-state index in [2.05, 4.69) is 52.3 Å². The van der Waals surface area contributed by atoms with Crippen molar-refractivity contribution in [2.45, 2.75) is 24.7 Å². The summed E-state index contributed by atoms with van der Waals surface area (Å²) in [7, 11) is 0. The van der Waals surface area contributed by atoms with E-state index < -0.39 is 6.23 Å². The molecule has 3 aliphatic rings. The van der Waals surface area contributed by atoms with Crippen molar-refractivity contribution in [2.75, 3.05) is 16.3 Å². The molecule has 0 bridgehead atoms. The fourth-order valence-electron chi connectivity index (χ4n) is 3.95. The summed E-state index contributed by atoms with van der Waals surface area (Å²) in [5, 5.41) is 10.9. The Morgan fingerprint density at radius 1 is 0.900 bits per heavy atom. The monoisotopic (exact) mass is 264 g/mol. The van der Waals surface area contributed by atoms with Crippen LogP contribution >= 0.6 is 0 Å². The van der Waals surface area contributed by atoms with E-state index in [-0.39, 0.29) is 0 Å². The third kappa shape index (κ3) is 1.23. The van der Waals surface area contributed by atoms with Crippen LogP contribution in [0.2, 0.25) is 0 Å². The Bertz CT molecular complexity index is 699. The van der Waals surface area contributed by atoms with Crippen molar-refractivity contribution in [3.63, 3.8) is 0 Å². The summed E-state index contributed by atoms with van der Waals surface area (Å²) >= 11 is 0. The highest BCUT2D eigenvalue weighted by Crippen LogP contribution is 2.49. The maximum absolute atomic E-state index is 10.9. The van der Waals surface area contributed by atoms with E-state index in [4.69, 9.17) is 0 Å². The molecular weight excluding hydrogens is 248 g/mol. The molecular formula is C17H16N2O. The van der Waals surface area contributed by atoms with Crippen molar-refractivity contribution >= 4 is 11.4 Å². The van der Waals surface area contributed by atoms with Gasteiger partial charge in [-0.1, -0.05) is 36.4 Å². The van der Waals surface area contributed by atoms with Crippen LogP contribution in [0.1, 0.15) is 17.4 Å². The van der Waals surface area contributed by atoms with Crippen LogP contribution < -0.4 is 9.80 Å².